The Hall–Kier alpha value is -2.64. The number of rotatable bonds is 1. The Morgan fingerprint density at radius 2 is 2.12 bits per heavy atom. The van der Waals surface area contributed by atoms with E-state index in [0.717, 1.165) is 24.2 Å². The van der Waals surface area contributed by atoms with Crippen LogP contribution in [0.2, 0.25) is 0 Å². The maximum Gasteiger partial charge on any atom is 0.407 e. The van der Waals surface area contributed by atoms with Crippen LogP contribution in [-0.2, 0) is 4.74 Å². The SMILES string of the molecule is Cc1cc2nc(C(=O)N3CCC[C@]4(CC3)CNC(=O)O4)cc(C)n2n1. The average Bonchev–Trinajstić information content (AvgIpc) is 3.05. The minimum atomic E-state index is -0.470. The topological polar surface area (TPSA) is 88.8 Å². The van der Waals surface area contributed by atoms with Gasteiger partial charge in [-0.3, -0.25) is 4.79 Å². The summed E-state index contributed by atoms with van der Waals surface area (Å²) in [5.74, 6) is -0.0845. The van der Waals surface area contributed by atoms with E-state index in [2.05, 4.69) is 15.4 Å². The fraction of sp³-hybridized carbons (Fsp3) is 0.529. The second-order valence-electron chi connectivity index (χ2n) is 6.91. The summed E-state index contributed by atoms with van der Waals surface area (Å²) in [5.41, 5.74) is 2.39. The summed E-state index contributed by atoms with van der Waals surface area (Å²) < 4.78 is 7.21. The number of hydrogen-bond acceptors (Lipinski definition) is 5. The number of hydrogen-bond donors (Lipinski definition) is 1. The Labute approximate surface area is 145 Å². The van der Waals surface area contributed by atoms with E-state index in [1.54, 1.807) is 10.6 Å². The number of carbonyl (C=O) groups is 2. The molecule has 4 heterocycles. The number of aromatic nitrogens is 3. The first-order valence-electron chi connectivity index (χ1n) is 8.56. The standard InChI is InChI=1S/C17H21N5O3/c1-11-8-14-19-13(9-12(2)22(14)20-11)15(23)21-6-3-4-17(5-7-21)10-18-16(24)25-17/h8-9H,3-7,10H2,1-2H3,(H,18,24)/t17-/m0/s1. The first-order valence-corrected chi connectivity index (χ1v) is 8.56. The van der Waals surface area contributed by atoms with Crippen LogP contribution in [0.15, 0.2) is 12.1 Å². The zero-order valence-corrected chi connectivity index (χ0v) is 14.4. The van der Waals surface area contributed by atoms with Crippen LogP contribution in [-0.4, -0.2) is 56.7 Å². The van der Waals surface area contributed by atoms with E-state index in [9.17, 15) is 9.59 Å². The third-order valence-electron chi connectivity index (χ3n) is 5.00. The van der Waals surface area contributed by atoms with Gasteiger partial charge in [-0.25, -0.2) is 14.3 Å². The summed E-state index contributed by atoms with van der Waals surface area (Å²) in [6, 6.07) is 3.64. The maximum atomic E-state index is 12.9. The third-order valence-corrected chi connectivity index (χ3v) is 5.00. The molecule has 2 amide bonds. The Kier molecular flexibility index (Phi) is 3.63. The average molecular weight is 343 g/mol. The Balaban J connectivity index is 1.55. The summed E-state index contributed by atoms with van der Waals surface area (Å²) in [6.45, 7) is 5.53. The second kappa shape index (κ2) is 5.72. The molecule has 1 N–H and O–H groups in total. The van der Waals surface area contributed by atoms with Crippen LogP contribution in [0.4, 0.5) is 4.79 Å². The van der Waals surface area contributed by atoms with Crippen molar-refractivity contribution >= 4 is 17.6 Å². The molecule has 0 bridgehead atoms. The molecule has 2 fully saturated rings. The monoisotopic (exact) mass is 343 g/mol. The fourth-order valence-electron chi connectivity index (χ4n) is 3.66. The normalized spacial score (nSPS) is 23.6. The van der Waals surface area contributed by atoms with Crippen molar-refractivity contribution in [2.24, 2.45) is 0 Å². The van der Waals surface area contributed by atoms with Gasteiger partial charge in [-0.2, -0.15) is 5.10 Å². The lowest BCUT2D eigenvalue weighted by molar-refractivity contribution is 0.0438. The van der Waals surface area contributed by atoms with Gasteiger partial charge in [0.2, 0.25) is 0 Å². The Bertz CT molecular complexity index is 861. The number of amides is 2. The van der Waals surface area contributed by atoms with Crippen molar-refractivity contribution in [3.8, 4) is 0 Å². The molecule has 8 heteroatoms. The molecule has 0 aliphatic carbocycles. The minimum Gasteiger partial charge on any atom is -0.441 e. The molecule has 25 heavy (non-hydrogen) atoms. The number of nitrogens with one attached hydrogen (secondary N) is 1. The molecule has 0 unspecified atom stereocenters. The molecule has 1 spiro atoms. The molecule has 0 radical (unpaired) electrons. The third kappa shape index (κ3) is 2.81. The van der Waals surface area contributed by atoms with Crippen LogP contribution in [0.1, 0.15) is 41.1 Å². The minimum absolute atomic E-state index is 0.0845. The van der Waals surface area contributed by atoms with Crippen molar-refractivity contribution in [1.82, 2.24) is 24.8 Å². The largest absolute Gasteiger partial charge is 0.441 e. The molecule has 4 rings (SSSR count). The number of likely N-dealkylation sites (tertiary alicyclic amines) is 1. The van der Waals surface area contributed by atoms with Crippen LogP contribution in [0.25, 0.3) is 5.65 Å². The van der Waals surface area contributed by atoms with Gasteiger partial charge in [-0.1, -0.05) is 0 Å². The van der Waals surface area contributed by atoms with Crippen molar-refractivity contribution < 1.29 is 14.3 Å². The lowest BCUT2D eigenvalue weighted by Crippen LogP contribution is -2.37. The number of ether oxygens (including phenoxy) is 1. The van der Waals surface area contributed by atoms with E-state index >= 15 is 0 Å². The number of alkyl carbamates (subject to hydrolysis) is 1. The van der Waals surface area contributed by atoms with E-state index in [1.165, 1.54) is 0 Å². The van der Waals surface area contributed by atoms with Crippen molar-refractivity contribution in [3.05, 3.63) is 29.2 Å². The molecular formula is C17H21N5O3. The number of fused-ring (bicyclic) bond motifs is 1. The first kappa shape index (κ1) is 15.9. The summed E-state index contributed by atoms with van der Waals surface area (Å²) in [5, 5.41) is 7.10. The van der Waals surface area contributed by atoms with E-state index in [-0.39, 0.29) is 12.0 Å². The number of nitrogens with zero attached hydrogens (tertiary/aromatic N) is 4. The molecule has 0 saturated carbocycles. The highest BCUT2D eigenvalue weighted by atomic mass is 16.6. The smallest absolute Gasteiger partial charge is 0.407 e. The van der Waals surface area contributed by atoms with Gasteiger partial charge in [0.15, 0.2) is 5.65 Å². The van der Waals surface area contributed by atoms with Crippen LogP contribution < -0.4 is 5.32 Å². The van der Waals surface area contributed by atoms with E-state index in [1.807, 2.05) is 24.8 Å². The number of aryl methyl sites for hydroxylation is 2. The molecule has 2 aliphatic rings. The summed E-state index contributed by atoms with van der Waals surface area (Å²) in [7, 11) is 0. The quantitative estimate of drug-likeness (QED) is 0.847. The van der Waals surface area contributed by atoms with E-state index < -0.39 is 5.60 Å². The lowest BCUT2D eigenvalue weighted by Gasteiger charge is -2.24. The van der Waals surface area contributed by atoms with E-state index in [0.29, 0.717) is 37.4 Å². The zero-order chi connectivity index (χ0) is 17.6. The van der Waals surface area contributed by atoms with Gasteiger partial charge in [0.1, 0.15) is 11.3 Å². The van der Waals surface area contributed by atoms with Gasteiger partial charge < -0.3 is 15.0 Å². The van der Waals surface area contributed by atoms with Crippen molar-refractivity contribution in [3.63, 3.8) is 0 Å². The second-order valence-corrected chi connectivity index (χ2v) is 6.91. The molecule has 2 aromatic rings. The number of carbonyl (C=O) groups excluding carboxylic acids is 2. The zero-order valence-electron chi connectivity index (χ0n) is 14.4. The molecule has 2 aromatic heterocycles. The molecule has 2 aliphatic heterocycles. The summed E-state index contributed by atoms with van der Waals surface area (Å²) >= 11 is 0. The van der Waals surface area contributed by atoms with Gasteiger partial charge in [0, 0.05) is 31.3 Å². The lowest BCUT2D eigenvalue weighted by atomic mass is 9.95. The molecule has 2 saturated heterocycles. The highest BCUT2D eigenvalue weighted by Gasteiger charge is 2.42. The summed E-state index contributed by atoms with van der Waals surface area (Å²) in [6.07, 6.45) is 1.85. The highest BCUT2D eigenvalue weighted by molar-refractivity contribution is 5.93. The molecule has 1 atom stereocenters. The molecule has 132 valence electrons. The van der Waals surface area contributed by atoms with Crippen molar-refractivity contribution in [2.75, 3.05) is 19.6 Å². The van der Waals surface area contributed by atoms with Gasteiger partial charge in [-0.15, -0.1) is 0 Å². The Morgan fingerprint density at radius 3 is 2.88 bits per heavy atom. The van der Waals surface area contributed by atoms with Crippen molar-refractivity contribution in [1.29, 1.82) is 0 Å². The van der Waals surface area contributed by atoms with Gasteiger partial charge in [0.05, 0.1) is 12.2 Å². The van der Waals surface area contributed by atoms with Crippen LogP contribution in [0.3, 0.4) is 0 Å². The fourth-order valence-corrected chi connectivity index (χ4v) is 3.66. The maximum absolute atomic E-state index is 12.9. The first-order chi connectivity index (χ1) is 12.0. The molecule has 8 nitrogen and oxygen atoms in total. The van der Waals surface area contributed by atoms with Crippen LogP contribution in [0.5, 0.6) is 0 Å². The predicted octanol–water partition coefficient (Wildman–Crippen LogP) is 1.45. The van der Waals surface area contributed by atoms with Gasteiger partial charge in [-0.05, 0) is 32.8 Å². The molecular weight excluding hydrogens is 322 g/mol. The van der Waals surface area contributed by atoms with Crippen LogP contribution >= 0.6 is 0 Å². The van der Waals surface area contributed by atoms with Gasteiger partial charge in [0.25, 0.3) is 5.91 Å². The van der Waals surface area contributed by atoms with Gasteiger partial charge >= 0.3 is 6.09 Å². The Morgan fingerprint density at radius 1 is 1.28 bits per heavy atom. The summed E-state index contributed by atoms with van der Waals surface area (Å²) in [4.78, 5) is 30.6. The van der Waals surface area contributed by atoms with Crippen LogP contribution in [0, 0.1) is 13.8 Å². The highest BCUT2D eigenvalue weighted by Crippen LogP contribution is 2.29. The van der Waals surface area contributed by atoms with E-state index in [4.69, 9.17) is 4.74 Å². The van der Waals surface area contributed by atoms with Crippen molar-refractivity contribution in [2.45, 2.75) is 38.7 Å². The molecule has 0 aromatic carbocycles. The predicted molar refractivity (Wildman–Crippen MR) is 89.4 cm³/mol.